The molecule has 5 nitrogen and oxygen atoms in total. The summed E-state index contributed by atoms with van der Waals surface area (Å²) in [6.07, 6.45) is 0.658. The van der Waals surface area contributed by atoms with E-state index in [4.69, 9.17) is 4.52 Å². The van der Waals surface area contributed by atoms with Crippen LogP contribution in [-0.4, -0.2) is 13.6 Å². The normalized spacial score (nSPS) is 13.3. The Morgan fingerprint density at radius 1 is 1.18 bits per heavy atom. The van der Waals surface area contributed by atoms with Crippen molar-refractivity contribution in [2.45, 2.75) is 52.0 Å². The Balaban J connectivity index is 2.35. The second-order valence-electron chi connectivity index (χ2n) is 5.58. The van der Waals surface area contributed by atoms with E-state index in [2.05, 4.69) is 9.88 Å². The van der Waals surface area contributed by atoms with Gasteiger partial charge in [0.1, 0.15) is 10.6 Å². The summed E-state index contributed by atoms with van der Waals surface area (Å²) >= 11 is 0. The molecule has 1 atom stereocenters. The molecule has 2 rings (SSSR count). The molecule has 1 heterocycles. The zero-order valence-corrected chi connectivity index (χ0v) is 14.4. The van der Waals surface area contributed by atoms with Crippen LogP contribution in [-0.2, 0) is 10.0 Å². The minimum atomic E-state index is -3.67. The zero-order valence-electron chi connectivity index (χ0n) is 13.6. The van der Waals surface area contributed by atoms with Gasteiger partial charge in [0, 0.05) is 6.04 Å². The topological polar surface area (TPSA) is 72.2 Å². The molecule has 0 aliphatic carbocycles. The van der Waals surface area contributed by atoms with Crippen molar-refractivity contribution in [2.75, 3.05) is 0 Å². The minimum absolute atomic E-state index is 0.134. The fraction of sp³-hybridized carbons (Fsp3) is 0.438. The summed E-state index contributed by atoms with van der Waals surface area (Å²) in [5.41, 5.74) is 3.67. The van der Waals surface area contributed by atoms with Crippen molar-refractivity contribution in [3.05, 3.63) is 46.3 Å². The van der Waals surface area contributed by atoms with Crippen LogP contribution >= 0.6 is 0 Å². The van der Waals surface area contributed by atoms with E-state index in [0.717, 1.165) is 11.1 Å². The molecule has 0 aliphatic rings. The van der Waals surface area contributed by atoms with Gasteiger partial charge in [0.25, 0.3) is 0 Å². The van der Waals surface area contributed by atoms with Gasteiger partial charge in [-0.3, -0.25) is 0 Å². The van der Waals surface area contributed by atoms with Crippen LogP contribution in [0.1, 0.15) is 47.5 Å². The van der Waals surface area contributed by atoms with E-state index in [1.165, 1.54) is 5.56 Å². The van der Waals surface area contributed by atoms with Crippen molar-refractivity contribution in [3.63, 3.8) is 0 Å². The first-order valence-electron chi connectivity index (χ1n) is 7.28. The molecule has 120 valence electrons. The lowest BCUT2D eigenvalue weighted by molar-refractivity contribution is 0.390. The Morgan fingerprint density at radius 3 is 2.36 bits per heavy atom. The monoisotopic (exact) mass is 322 g/mol. The first-order valence-corrected chi connectivity index (χ1v) is 8.77. The standard InChI is InChI=1S/C16H22N2O3S/c1-6-15(14-8-7-10(2)11(3)9-14)18-22(19,20)16-12(4)17-21-13(16)5/h7-9,15,18H,6H2,1-5H3/t15-/m1/s1. The average Bonchev–Trinajstić information content (AvgIpc) is 2.79. The Hall–Kier alpha value is -1.66. The van der Waals surface area contributed by atoms with Crippen molar-refractivity contribution in [3.8, 4) is 0 Å². The Kier molecular flexibility index (Phi) is 4.72. The number of hydrogen-bond acceptors (Lipinski definition) is 4. The fourth-order valence-corrected chi connectivity index (χ4v) is 4.11. The molecular formula is C16H22N2O3S. The van der Waals surface area contributed by atoms with Gasteiger partial charge in [0.2, 0.25) is 10.0 Å². The van der Waals surface area contributed by atoms with Crippen LogP contribution in [0.2, 0.25) is 0 Å². The number of rotatable bonds is 5. The maximum atomic E-state index is 12.6. The van der Waals surface area contributed by atoms with Crippen molar-refractivity contribution in [2.24, 2.45) is 0 Å². The zero-order chi connectivity index (χ0) is 16.5. The highest BCUT2D eigenvalue weighted by molar-refractivity contribution is 7.89. The van der Waals surface area contributed by atoms with Crippen molar-refractivity contribution in [1.29, 1.82) is 0 Å². The smallest absolute Gasteiger partial charge is 0.246 e. The minimum Gasteiger partial charge on any atom is -0.360 e. The lowest BCUT2D eigenvalue weighted by Crippen LogP contribution is -2.29. The largest absolute Gasteiger partial charge is 0.360 e. The van der Waals surface area contributed by atoms with E-state index >= 15 is 0 Å². The summed E-state index contributed by atoms with van der Waals surface area (Å²) in [4.78, 5) is 0.134. The third-order valence-corrected chi connectivity index (χ3v) is 5.59. The molecule has 0 amide bonds. The van der Waals surface area contributed by atoms with Crippen LogP contribution in [0.5, 0.6) is 0 Å². The SMILES string of the molecule is CC[C@@H](NS(=O)(=O)c1c(C)noc1C)c1ccc(C)c(C)c1. The van der Waals surface area contributed by atoms with Gasteiger partial charge in [0.05, 0.1) is 0 Å². The second-order valence-corrected chi connectivity index (χ2v) is 7.23. The lowest BCUT2D eigenvalue weighted by Gasteiger charge is -2.18. The molecule has 0 spiro atoms. The predicted molar refractivity (Wildman–Crippen MR) is 85.2 cm³/mol. The van der Waals surface area contributed by atoms with Gasteiger partial charge in [-0.1, -0.05) is 30.3 Å². The van der Waals surface area contributed by atoms with Gasteiger partial charge in [0.15, 0.2) is 5.76 Å². The first-order chi connectivity index (χ1) is 10.3. The molecule has 0 fully saturated rings. The number of sulfonamides is 1. The lowest BCUT2D eigenvalue weighted by atomic mass is 10.0. The molecule has 2 aromatic rings. The van der Waals surface area contributed by atoms with Crippen LogP contribution in [0.3, 0.4) is 0 Å². The van der Waals surface area contributed by atoms with E-state index in [1.807, 2.05) is 39.0 Å². The molecular weight excluding hydrogens is 300 g/mol. The molecule has 0 saturated carbocycles. The number of nitrogens with zero attached hydrogens (tertiary/aromatic N) is 1. The highest BCUT2D eigenvalue weighted by Gasteiger charge is 2.27. The molecule has 1 aromatic carbocycles. The molecule has 0 saturated heterocycles. The average molecular weight is 322 g/mol. The van der Waals surface area contributed by atoms with Crippen LogP contribution in [0.25, 0.3) is 0 Å². The summed E-state index contributed by atoms with van der Waals surface area (Å²) in [7, 11) is -3.67. The number of hydrogen-bond donors (Lipinski definition) is 1. The summed E-state index contributed by atoms with van der Waals surface area (Å²) in [6, 6.07) is 5.72. The third-order valence-electron chi connectivity index (χ3n) is 3.88. The Bertz CT molecular complexity index is 759. The molecule has 6 heteroatoms. The van der Waals surface area contributed by atoms with Crippen molar-refractivity contribution < 1.29 is 12.9 Å². The Labute approximate surface area is 131 Å². The fourth-order valence-electron chi connectivity index (χ4n) is 2.47. The van der Waals surface area contributed by atoms with Crippen molar-refractivity contribution >= 4 is 10.0 Å². The number of aryl methyl sites for hydroxylation is 4. The molecule has 1 N–H and O–H groups in total. The van der Waals surface area contributed by atoms with Crippen LogP contribution in [0.4, 0.5) is 0 Å². The third kappa shape index (κ3) is 3.23. The van der Waals surface area contributed by atoms with Gasteiger partial charge in [-0.2, -0.15) is 0 Å². The maximum absolute atomic E-state index is 12.6. The predicted octanol–water partition coefficient (Wildman–Crippen LogP) is 3.34. The van der Waals surface area contributed by atoms with Gasteiger partial charge in [-0.25, -0.2) is 13.1 Å². The molecule has 0 bridgehead atoms. The summed E-state index contributed by atoms with van der Waals surface area (Å²) in [5, 5.41) is 3.72. The maximum Gasteiger partial charge on any atom is 0.246 e. The van der Waals surface area contributed by atoms with E-state index < -0.39 is 10.0 Å². The number of aromatic nitrogens is 1. The first kappa shape index (κ1) is 16.7. The second kappa shape index (κ2) is 6.22. The Morgan fingerprint density at radius 2 is 1.86 bits per heavy atom. The van der Waals surface area contributed by atoms with E-state index in [9.17, 15) is 8.42 Å². The van der Waals surface area contributed by atoms with Gasteiger partial charge >= 0.3 is 0 Å². The van der Waals surface area contributed by atoms with E-state index in [0.29, 0.717) is 17.9 Å². The summed E-state index contributed by atoms with van der Waals surface area (Å²) < 4.78 is 33.0. The molecule has 22 heavy (non-hydrogen) atoms. The highest BCUT2D eigenvalue weighted by Crippen LogP contribution is 2.25. The molecule has 0 unspecified atom stereocenters. The van der Waals surface area contributed by atoms with Crippen LogP contribution < -0.4 is 4.72 Å². The van der Waals surface area contributed by atoms with E-state index in [1.54, 1.807) is 13.8 Å². The van der Waals surface area contributed by atoms with Gasteiger partial charge in [-0.05, 0) is 50.8 Å². The van der Waals surface area contributed by atoms with E-state index in [-0.39, 0.29) is 10.9 Å². The number of benzene rings is 1. The number of nitrogens with one attached hydrogen (secondary N) is 1. The molecule has 0 radical (unpaired) electrons. The summed E-state index contributed by atoms with van der Waals surface area (Å²) in [5.74, 6) is 0.305. The van der Waals surface area contributed by atoms with Gasteiger partial charge in [-0.15, -0.1) is 0 Å². The molecule has 1 aromatic heterocycles. The highest BCUT2D eigenvalue weighted by atomic mass is 32.2. The van der Waals surface area contributed by atoms with Crippen molar-refractivity contribution in [1.82, 2.24) is 9.88 Å². The quantitative estimate of drug-likeness (QED) is 0.916. The van der Waals surface area contributed by atoms with Gasteiger partial charge < -0.3 is 4.52 Å². The van der Waals surface area contributed by atoms with Crippen LogP contribution in [0.15, 0.2) is 27.6 Å². The summed E-state index contributed by atoms with van der Waals surface area (Å²) in [6.45, 7) is 9.24. The van der Waals surface area contributed by atoms with Crippen LogP contribution in [0, 0.1) is 27.7 Å². The molecule has 0 aliphatic heterocycles.